The summed E-state index contributed by atoms with van der Waals surface area (Å²) in [4.78, 5) is 4.36. The number of aliphatic imine (C=N–C) groups is 1. The van der Waals surface area contributed by atoms with Crippen LogP contribution in [-0.4, -0.2) is 6.21 Å². The first-order valence-electron chi connectivity index (χ1n) is 6.59. The van der Waals surface area contributed by atoms with Gasteiger partial charge in [0.1, 0.15) is 0 Å². The van der Waals surface area contributed by atoms with E-state index < -0.39 is 0 Å². The number of nitrogens with one attached hydrogen (secondary N) is 1. The van der Waals surface area contributed by atoms with E-state index >= 15 is 0 Å². The predicted octanol–water partition coefficient (Wildman–Crippen LogP) is 5.38. The zero-order chi connectivity index (χ0) is 14.0. The minimum atomic E-state index is 0. The highest BCUT2D eigenvalue weighted by Crippen LogP contribution is 2.09. The van der Waals surface area contributed by atoms with Crippen molar-refractivity contribution in [1.29, 1.82) is 0 Å². The fourth-order valence-electron chi connectivity index (χ4n) is 1.61. The van der Waals surface area contributed by atoms with Crippen LogP contribution in [-0.2, 0) is 0 Å². The molecule has 2 aromatic carbocycles. The molecule has 2 aromatic rings. The van der Waals surface area contributed by atoms with Gasteiger partial charge in [0, 0.05) is 18.1 Å². The van der Waals surface area contributed by atoms with Crippen LogP contribution in [0, 0.1) is 0 Å². The van der Waals surface area contributed by atoms with Gasteiger partial charge < -0.3 is 5.32 Å². The highest BCUT2D eigenvalue weighted by molar-refractivity contribution is 5.85. The smallest absolute Gasteiger partial charge is 0.0629 e. The lowest BCUT2D eigenvalue weighted by Gasteiger charge is -1.98. The van der Waals surface area contributed by atoms with E-state index in [1.807, 2.05) is 92.2 Å². The summed E-state index contributed by atoms with van der Waals surface area (Å²) in [6.45, 7) is 2.04. The molecule has 2 rings (SSSR count). The number of para-hydroxylation sites is 2. The summed E-state index contributed by atoms with van der Waals surface area (Å²) in [5, 5.41) is 3.22. The second-order valence-electron chi connectivity index (χ2n) is 4.37. The van der Waals surface area contributed by atoms with Crippen LogP contribution < -0.4 is 5.32 Å². The lowest BCUT2D eigenvalue weighted by atomic mass is 10.3. The predicted molar refractivity (Wildman–Crippen MR) is 94.8 cm³/mol. The highest BCUT2D eigenvalue weighted by atomic mass is 35.5. The summed E-state index contributed by atoms with van der Waals surface area (Å²) in [5.74, 6) is 0. The van der Waals surface area contributed by atoms with Crippen LogP contribution in [0.3, 0.4) is 0 Å². The van der Waals surface area contributed by atoms with Crippen LogP contribution in [0.4, 0.5) is 11.4 Å². The van der Waals surface area contributed by atoms with E-state index in [4.69, 9.17) is 0 Å². The molecule has 21 heavy (non-hydrogen) atoms. The first-order valence-corrected chi connectivity index (χ1v) is 6.59. The van der Waals surface area contributed by atoms with Crippen molar-refractivity contribution in [1.82, 2.24) is 0 Å². The van der Waals surface area contributed by atoms with E-state index in [-0.39, 0.29) is 12.4 Å². The zero-order valence-corrected chi connectivity index (χ0v) is 12.8. The molecule has 0 amide bonds. The molecule has 0 saturated carbocycles. The Morgan fingerprint density at radius 2 is 1.57 bits per heavy atom. The molecule has 0 aliphatic heterocycles. The Bertz CT molecular complexity index is 602. The summed E-state index contributed by atoms with van der Waals surface area (Å²) in [7, 11) is 0. The van der Waals surface area contributed by atoms with Gasteiger partial charge in [-0.1, -0.05) is 36.4 Å². The van der Waals surface area contributed by atoms with Gasteiger partial charge in [0.25, 0.3) is 0 Å². The number of anilines is 1. The maximum atomic E-state index is 4.36. The van der Waals surface area contributed by atoms with Crippen LogP contribution >= 0.6 is 12.4 Å². The third kappa shape index (κ3) is 6.59. The molecule has 0 fully saturated rings. The molecule has 0 unspecified atom stereocenters. The molecule has 0 spiro atoms. The molecule has 3 heteroatoms. The highest BCUT2D eigenvalue weighted by Gasteiger charge is 1.85. The van der Waals surface area contributed by atoms with Crippen molar-refractivity contribution in [3.8, 4) is 0 Å². The molecular formula is C18H19ClN2. The van der Waals surface area contributed by atoms with Gasteiger partial charge in [0.05, 0.1) is 5.69 Å². The summed E-state index contributed by atoms with van der Waals surface area (Å²) >= 11 is 0. The molecule has 0 heterocycles. The fraction of sp³-hybridized carbons (Fsp3) is 0.0556. The topological polar surface area (TPSA) is 24.4 Å². The molecule has 1 N–H and O–H groups in total. The van der Waals surface area contributed by atoms with Crippen molar-refractivity contribution >= 4 is 30.0 Å². The van der Waals surface area contributed by atoms with Crippen molar-refractivity contribution in [2.45, 2.75) is 6.92 Å². The molecular weight excluding hydrogens is 280 g/mol. The molecule has 0 atom stereocenters. The fourth-order valence-corrected chi connectivity index (χ4v) is 1.61. The van der Waals surface area contributed by atoms with E-state index in [1.54, 1.807) is 0 Å². The number of hydrogen-bond donors (Lipinski definition) is 1. The molecule has 108 valence electrons. The van der Waals surface area contributed by atoms with Gasteiger partial charge in [-0.05, 0) is 48.9 Å². The van der Waals surface area contributed by atoms with Crippen molar-refractivity contribution in [2.75, 3.05) is 5.32 Å². The second-order valence-corrected chi connectivity index (χ2v) is 4.37. The van der Waals surface area contributed by atoms with Gasteiger partial charge in [0.2, 0.25) is 0 Å². The Morgan fingerprint density at radius 3 is 2.24 bits per heavy atom. The summed E-state index contributed by atoms with van der Waals surface area (Å²) in [6, 6.07) is 20.0. The molecule has 0 aliphatic rings. The van der Waals surface area contributed by atoms with Crippen molar-refractivity contribution in [3.05, 3.63) is 84.6 Å². The van der Waals surface area contributed by atoms with Crippen LogP contribution in [0.25, 0.3) is 0 Å². The Kier molecular flexibility index (Phi) is 7.62. The van der Waals surface area contributed by atoms with Crippen LogP contribution in [0.2, 0.25) is 0 Å². The van der Waals surface area contributed by atoms with Crippen molar-refractivity contribution < 1.29 is 0 Å². The largest absolute Gasteiger partial charge is 0.362 e. The van der Waals surface area contributed by atoms with Crippen LogP contribution in [0.15, 0.2) is 89.6 Å². The van der Waals surface area contributed by atoms with Crippen molar-refractivity contribution in [2.24, 2.45) is 4.99 Å². The van der Waals surface area contributed by atoms with Gasteiger partial charge in [-0.25, -0.2) is 0 Å². The van der Waals surface area contributed by atoms with Crippen LogP contribution in [0.1, 0.15) is 6.92 Å². The lowest BCUT2D eigenvalue weighted by Crippen LogP contribution is -1.86. The number of rotatable bonds is 5. The quantitative estimate of drug-likeness (QED) is 0.581. The van der Waals surface area contributed by atoms with E-state index in [2.05, 4.69) is 10.3 Å². The van der Waals surface area contributed by atoms with Gasteiger partial charge in [0.15, 0.2) is 0 Å². The Balaban J connectivity index is 0.00000220. The lowest BCUT2D eigenvalue weighted by molar-refractivity contribution is 1.49. The second kappa shape index (κ2) is 9.56. The number of nitrogens with zero attached hydrogens (tertiary/aromatic N) is 1. The summed E-state index contributed by atoms with van der Waals surface area (Å²) in [5.41, 5.74) is 3.17. The number of halogens is 1. The van der Waals surface area contributed by atoms with Crippen molar-refractivity contribution in [3.63, 3.8) is 0 Å². The number of allylic oxidation sites excluding steroid dienone is 3. The molecule has 0 aliphatic carbocycles. The zero-order valence-electron chi connectivity index (χ0n) is 11.9. The van der Waals surface area contributed by atoms with E-state index in [1.165, 1.54) is 0 Å². The van der Waals surface area contributed by atoms with E-state index in [0.717, 1.165) is 16.9 Å². The molecule has 0 saturated heterocycles. The maximum absolute atomic E-state index is 4.36. The van der Waals surface area contributed by atoms with Gasteiger partial charge in [-0.3, -0.25) is 4.99 Å². The summed E-state index contributed by atoms with van der Waals surface area (Å²) < 4.78 is 0. The monoisotopic (exact) mass is 298 g/mol. The van der Waals surface area contributed by atoms with Crippen LogP contribution in [0.5, 0.6) is 0 Å². The normalized spacial score (nSPS) is 11.6. The first kappa shape index (κ1) is 16.7. The number of hydrogen-bond acceptors (Lipinski definition) is 2. The Morgan fingerprint density at radius 1 is 0.952 bits per heavy atom. The molecule has 0 aromatic heterocycles. The summed E-state index contributed by atoms with van der Waals surface area (Å²) in [6.07, 6.45) is 7.75. The third-order valence-corrected chi connectivity index (χ3v) is 2.69. The van der Waals surface area contributed by atoms with Gasteiger partial charge in [-0.2, -0.15) is 0 Å². The third-order valence-electron chi connectivity index (χ3n) is 2.69. The molecule has 2 nitrogen and oxygen atoms in total. The average molecular weight is 299 g/mol. The van der Waals surface area contributed by atoms with E-state index in [9.17, 15) is 0 Å². The van der Waals surface area contributed by atoms with Gasteiger partial charge >= 0.3 is 0 Å². The first-order chi connectivity index (χ1) is 9.84. The Hall–Kier alpha value is -2.32. The Labute approximate surface area is 132 Å². The van der Waals surface area contributed by atoms with Gasteiger partial charge in [-0.15, -0.1) is 12.4 Å². The standard InChI is InChI=1S/C18H18N2.ClH/c1-16(12-14-19-17-8-4-2-5-9-17)13-15-20-18-10-6-3-7-11-18;/h2-15,19H,1H3;1H/b14-12+,16-13+,20-15?;. The van der Waals surface area contributed by atoms with E-state index in [0.29, 0.717) is 0 Å². The molecule has 0 bridgehead atoms. The minimum absolute atomic E-state index is 0. The maximum Gasteiger partial charge on any atom is 0.0629 e. The number of benzene rings is 2. The SMILES string of the molecule is CC(/C=C/Nc1ccccc1)=C\C=Nc1ccccc1.Cl. The minimum Gasteiger partial charge on any atom is -0.362 e. The average Bonchev–Trinajstić information content (AvgIpc) is 2.49. The molecule has 0 radical (unpaired) electrons.